The van der Waals surface area contributed by atoms with Gasteiger partial charge in [0.05, 0.1) is 22.7 Å². The Morgan fingerprint density at radius 3 is 2.55 bits per heavy atom. The molecule has 0 unspecified atom stereocenters. The minimum Gasteiger partial charge on any atom is -0.369 e. The molecule has 7 nitrogen and oxygen atoms in total. The first-order chi connectivity index (χ1) is 9.20. The van der Waals surface area contributed by atoms with E-state index in [9.17, 15) is 4.79 Å². The smallest absolute Gasteiger partial charge is 0.225 e. The number of carbonyl (C=O) groups is 1. The molecular formula is C12H17ClN6O. The second-order valence-electron chi connectivity index (χ2n) is 5.59. The van der Waals surface area contributed by atoms with E-state index in [2.05, 4.69) is 20.3 Å². The van der Waals surface area contributed by atoms with Crippen molar-refractivity contribution in [3.05, 3.63) is 16.5 Å². The molecule has 108 valence electrons. The highest BCUT2D eigenvalue weighted by atomic mass is 35.5. The summed E-state index contributed by atoms with van der Waals surface area (Å²) in [5.74, 6) is 0.397. The minimum absolute atomic E-state index is 0.0168. The summed E-state index contributed by atoms with van der Waals surface area (Å²) in [5, 5.41) is 11.8. The molecular weight excluding hydrogens is 280 g/mol. The quantitative estimate of drug-likeness (QED) is 0.894. The summed E-state index contributed by atoms with van der Waals surface area (Å²) in [6.45, 7) is 7.76. The number of nitrogens with zero attached hydrogens (tertiary/aromatic N) is 4. The number of carbonyl (C=O) groups excluding carboxylic acids is 1. The number of hydrogen-bond donors (Lipinski definition) is 2. The third-order valence-corrected chi connectivity index (χ3v) is 3.17. The Kier molecular flexibility index (Phi) is 3.56. The van der Waals surface area contributed by atoms with Gasteiger partial charge in [-0.05, 0) is 27.7 Å². The molecule has 0 spiro atoms. The molecule has 0 bridgehead atoms. The van der Waals surface area contributed by atoms with Crippen LogP contribution in [0, 0.1) is 6.92 Å². The second-order valence-corrected chi connectivity index (χ2v) is 5.97. The topological polar surface area (TPSA) is 102 Å². The fraction of sp³-hybridized carbons (Fsp3) is 0.500. The molecule has 8 heteroatoms. The fourth-order valence-electron chi connectivity index (χ4n) is 1.77. The third kappa shape index (κ3) is 2.67. The Balaban J connectivity index is 2.58. The van der Waals surface area contributed by atoms with Crippen LogP contribution in [0.4, 0.5) is 0 Å². The van der Waals surface area contributed by atoms with E-state index >= 15 is 0 Å². The van der Waals surface area contributed by atoms with Gasteiger partial charge in [0.15, 0.2) is 11.6 Å². The number of aryl methyl sites for hydroxylation is 1. The minimum atomic E-state index is -0.480. The van der Waals surface area contributed by atoms with Crippen molar-refractivity contribution in [3.8, 4) is 11.5 Å². The summed E-state index contributed by atoms with van der Waals surface area (Å²) >= 11 is 6.21. The summed E-state index contributed by atoms with van der Waals surface area (Å²) in [6, 6.07) is 0. The molecule has 0 aliphatic heterocycles. The van der Waals surface area contributed by atoms with E-state index in [1.54, 1.807) is 4.68 Å². The van der Waals surface area contributed by atoms with Crippen molar-refractivity contribution < 1.29 is 4.79 Å². The van der Waals surface area contributed by atoms with Gasteiger partial charge in [0.25, 0.3) is 0 Å². The Morgan fingerprint density at radius 1 is 1.45 bits per heavy atom. The summed E-state index contributed by atoms with van der Waals surface area (Å²) < 4.78 is 1.70. The zero-order valence-corrected chi connectivity index (χ0v) is 12.6. The normalized spacial score (nSPS) is 11.8. The van der Waals surface area contributed by atoms with E-state index in [4.69, 9.17) is 17.3 Å². The van der Waals surface area contributed by atoms with Crippen molar-refractivity contribution in [1.29, 1.82) is 0 Å². The van der Waals surface area contributed by atoms with Gasteiger partial charge >= 0.3 is 0 Å². The second kappa shape index (κ2) is 4.90. The first kappa shape index (κ1) is 14.5. The summed E-state index contributed by atoms with van der Waals surface area (Å²) in [6.07, 6.45) is -0.0168. The summed E-state index contributed by atoms with van der Waals surface area (Å²) in [4.78, 5) is 15.4. The first-order valence-corrected chi connectivity index (χ1v) is 6.53. The van der Waals surface area contributed by atoms with Crippen LogP contribution in [0.3, 0.4) is 0 Å². The molecule has 0 saturated heterocycles. The van der Waals surface area contributed by atoms with Crippen LogP contribution in [0.25, 0.3) is 11.5 Å². The van der Waals surface area contributed by atoms with Gasteiger partial charge in [-0.2, -0.15) is 10.2 Å². The van der Waals surface area contributed by atoms with Gasteiger partial charge in [0, 0.05) is 0 Å². The lowest BCUT2D eigenvalue weighted by Crippen LogP contribution is -2.24. The number of aromatic amines is 1. The molecule has 0 fully saturated rings. The van der Waals surface area contributed by atoms with E-state index in [1.165, 1.54) is 0 Å². The number of aromatic nitrogens is 5. The van der Waals surface area contributed by atoms with Gasteiger partial charge in [-0.25, -0.2) is 9.67 Å². The number of nitrogens with one attached hydrogen (secondary N) is 1. The molecule has 2 aromatic rings. The number of nitrogens with two attached hydrogens (primary N) is 1. The maximum atomic E-state index is 11.0. The molecule has 2 rings (SSSR count). The number of amides is 1. The maximum absolute atomic E-state index is 11.0. The van der Waals surface area contributed by atoms with Crippen LogP contribution < -0.4 is 5.73 Å². The highest BCUT2D eigenvalue weighted by Crippen LogP contribution is 2.29. The van der Waals surface area contributed by atoms with Gasteiger partial charge in [0.2, 0.25) is 5.91 Å². The molecule has 0 aliphatic rings. The molecule has 0 atom stereocenters. The lowest BCUT2D eigenvalue weighted by molar-refractivity contribution is -0.117. The molecule has 0 aromatic carbocycles. The van der Waals surface area contributed by atoms with E-state index in [0.717, 1.165) is 5.69 Å². The molecule has 0 aliphatic carbocycles. The van der Waals surface area contributed by atoms with E-state index in [-0.39, 0.29) is 12.0 Å². The zero-order chi connectivity index (χ0) is 15.1. The standard InChI is InChI=1S/C12H17ClN6O/c1-6-9(13)10(17-16-6)11-15-8(5-7(14)20)18-19(11)12(2,3)4/h5H2,1-4H3,(H2,14,20)(H,16,17). The van der Waals surface area contributed by atoms with Gasteiger partial charge in [0.1, 0.15) is 5.69 Å². The van der Waals surface area contributed by atoms with Crippen LogP contribution in [0.2, 0.25) is 5.02 Å². The molecule has 0 saturated carbocycles. The van der Waals surface area contributed by atoms with Crippen molar-refractivity contribution in [2.24, 2.45) is 5.73 Å². The van der Waals surface area contributed by atoms with Gasteiger partial charge in [-0.3, -0.25) is 9.89 Å². The Hall–Kier alpha value is -1.89. The lowest BCUT2D eigenvalue weighted by atomic mass is 10.1. The lowest BCUT2D eigenvalue weighted by Gasteiger charge is -2.20. The van der Waals surface area contributed by atoms with E-state index < -0.39 is 5.91 Å². The van der Waals surface area contributed by atoms with Crippen LogP contribution in [-0.2, 0) is 16.8 Å². The van der Waals surface area contributed by atoms with Crippen LogP contribution >= 0.6 is 11.6 Å². The van der Waals surface area contributed by atoms with Crippen molar-refractivity contribution in [2.75, 3.05) is 0 Å². The van der Waals surface area contributed by atoms with Crippen LogP contribution in [0.5, 0.6) is 0 Å². The van der Waals surface area contributed by atoms with Crippen LogP contribution in [0.1, 0.15) is 32.3 Å². The number of halogens is 1. The number of rotatable bonds is 3. The maximum Gasteiger partial charge on any atom is 0.225 e. The Morgan fingerprint density at radius 2 is 2.10 bits per heavy atom. The van der Waals surface area contributed by atoms with Crippen molar-refractivity contribution in [2.45, 2.75) is 39.7 Å². The van der Waals surface area contributed by atoms with Gasteiger partial charge in [-0.1, -0.05) is 11.6 Å². The van der Waals surface area contributed by atoms with Crippen LogP contribution in [0.15, 0.2) is 0 Å². The number of H-pyrrole nitrogens is 1. The zero-order valence-electron chi connectivity index (χ0n) is 11.9. The van der Waals surface area contributed by atoms with Crippen molar-refractivity contribution >= 4 is 17.5 Å². The predicted octanol–water partition coefficient (Wildman–Crippen LogP) is 1.41. The molecule has 20 heavy (non-hydrogen) atoms. The largest absolute Gasteiger partial charge is 0.369 e. The number of hydrogen-bond acceptors (Lipinski definition) is 4. The highest BCUT2D eigenvalue weighted by Gasteiger charge is 2.25. The summed E-state index contributed by atoms with van der Waals surface area (Å²) in [7, 11) is 0. The van der Waals surface area contributed by atoms with Crippen molar-refractivity contribution in [3.63, 3.8) is 0 Å². The number of primary amides is 1. The van der Waals surface area contributed by atoms with Crippen molar-refractivity contribution in [1.82, 2.24) is 25.0 Å². The first-order valence-electron chi connectivity index (χ1n) is 6.15. The summed E-state index contributed by atoms with van der Waals surface area (Å²) in [5.41, 5.74) is 6.13. The van der Waals surface area contributed by atoms with E-state index in [1.807, 2.05) is 27.7 Å². The Bertz CT molecular complexity index is 651. The SMILES string of the molecule is Cc1[nH]nc(-c2nc(CC(N)=O)nn2C(C)(C)C)c1Cl. The Labute approximate surface area is 121 Å². The van der Waals surface area contributed by atoms with E-state index in [0.29, 0.717) is 22.4 Å². The third-order valence-electron chi connectivity index (χ3n) is 2.70. The predicted molar refractivity (Wildman–Crippen MR) is 75.2 cm³/mol. The molecule has 3 N–H and O–H groups in total. The molecule has 2 aromatic heterocycles. The van der Waals surface area contributed by atoms with Gasteiger partial charge < -0.3 is 5.73 Å². The average Bonchev–Trinajstić information content (AvgIpc) is 2.83. The van der Waals surface area contributed by atoms with Gasteiger partial charge in [-0.15, -0.1) is 0 Å². The highest BCUT2D eigenvalue weighted by molar-refractivity contribution is 6.33. The molecule has 1 amide bonds. The monoisotopic (exact) mass is 296 g/mol. The fourth-order valence-corrected chi connectivity index (χ4v) is 1.94. The molecule has 2 heterocycles. The van der Waals surface area contributed by atoms with Crippen LogP contribution in [-0.4, -0.2) is 30.9 Å². The average molecular weight is 297 g/mol. The molecule has 0 radical (unpaired) electrons.